The molecule has 2 aromatic rings. The smallest absolute Gasteiger partial charge is 0.245 e. The SMILES string of the molecule is C[C@H](NC(=O)[C@@H](C)n1cncn1)c1ccc2c(c1)OCCCO2. The molecule has 1 amide bonds. The van der Waals surface area contributed by atoms with E-state index in [4.69, 9.17) is 9.47 Å². The van der Waals surface area contributed by atoms with Gasteiger partial charge >= 0.3 is 0 Å². The molecular weight excluding hydrogens is 296 g/mol. The van der Waals surface area contributed by atoms with Crippen LogP contribution in [0.3, 0.4) is 0 Å². The molecule has 122 valence electrons. The van der Waals surface area contributed by atoms with Gasteiger partial charge in [0.2, 0.25) is 5.91 Å². The van der Waals surface area contributed by atoms with E-state index < -0.39 is 6.04 Å². The summed E-state index contributed by atoms with van der Waals surface area (Å²) in [6.45, 7) is 5.02. The van der Waals surface area contributed by atoms with Crippen molar-refractivity contribution in [3.05, 3.63) is 36.4 Å². The maximum Gasteiger partial charge on any atom is 0.245 e. The van der Waals surface area contributed by atoms with Crippen molar-refractivity contribution in [1.29, 1.82) is 0 Å². The lowest BCUT2D eigenvalue weighted by atomic mass is 10.1. The zero-order chi connectivity index (χ0) is 16.2. The van der Waals surface area contributed by atoms with Crippen LogP contribution in [-0.2, 0) is 4.79 Å². The Balaban J connectivity index is 1.69. The van der Waals surface area contributed by atoms with Gasteiger partial charge in [0.15, 0.2) is 11.5 Å². The number of hydrogen-bond acceptors (Lipinski definition) is 5. The van der Waals surface area contributed by atoms with E-state index in [1.165, 1.54) is 17.3 Å². The number of rotatable bonds is 4. The average molecular weight is 316 g/mol. The van der Waals surface area contributed by atoms with Gasteiger partial charge in [-0.2, -0.15) is 5.10 Å². The molecule has 1 aliphatic rings. The van der Waals surface area contributed by atoms with E-state index >= 15 is 0 Å². The second-order valence-corrected chi connectivity index (χ2v) is 5.54. The quantitative estimate of drug-likeness (QED) is 0.932. The zero-order valence-electron chi connectivity index (χ0n) is 13.2. The molecule has 2 atom stereocenters. The third-order valence-electron chi connectivity index (χ3n) is 3.84. The van der Waals surface area contributed by atoms with Crippen LogP contribution in [0.15, 0.2) is 30.9 Å². The van der Waals surface area contributed by atoms with Gasteiger partial charge in [0, 0.05) is 6.42 Å². The van der Waals surface area contributed by atoms with Crippen LogP contribution in [-0.4, -0.2) is 33.9 Å². The summed E-state index contributed by atoms with van der Waals surface area (Å²) in [5.41, 5.74) is 0.966. The Kier molecular flexibility index (Phi) is 4.45. The van der Waals surface area contributed by atoms with Crippen LogP contribution in [0.25, 0.3) is 0 Å². The largest absolute Gasteiger partial charge is 0.490 e. The average Bonchev–Trinajstić information content (AvgIpc) is 2.99. The number of nitrogens with one attached hydrogen (secondary N) is 1. The van der Waals surface area contributed by atoms with Crippen LogP contribution < -0.4 is 14.8 Å². The second kappa shape index (κ2) is 6.68. The van der Waals surface area contributed by atoms with Gasteiger partial charge in [0.05, 0.1) is 19.3 Å². The minimum absolute atomic E-state index is 0.116. The Hall–Kier alpha value is -2.57. The first-order valence-electron chi connectivity index (χ1n) is 7.69. The Morgan fingerprint density at radius 1 is 1.26 bits per heavy atom. The molecule has 0 unspecified atom stereocenters. The Bertz CT molecular complexity index is 672. The van der Waals surface area contributed by atoms with E-state index in [-0.39, 0.29) is 11.9 Å². The van der Waals surface area contributed by atoms with Crippen LogP contribution in [0.1, 0.15) is 37.9 Å². The van der Waals surface area contributed by atoms with E-state index in [0.717, 1.165) is 23.5 Å². The maximum absolute atomic E-state index is 12.3. The summed E-state index contributed by atoms with van der Waals surface area (Å²) in [5.74, 6) is 1.36. The normalized spacial score (nSPS) is 16.3. The van der Waals surface area contributed by atoms with Crippen molar-refractivity contribution in [3.8, 4) is 11.5 Å². The third-order valence-corrected chi connectivity index (χ3v) is 3.84. The van der Waals surface area contributed by atoms with E-state index in [0.29, 0.717) is 13.2 Å². The molecule has 23 heavy (non-hydrogen) atoms. The molecule has 0 saturated heterocycles. The molecule has 0 radical (unpaired) electrons. The van der Waals surface area contributed by atoms with Gasteiger partial charge in [-0.25, -0.2) is 9.67 Å². The highest BCUT2D eigenvalue weighted by molar-refractivity contribution is 5.80. The fraction of sp³-hybridized carbons (Fsp3) is 0.438. The molecule has 0 saturated carbocycles. The molecule has 1 aromatic heterocycles. The van der Waals surface area contributed by atoms with Crippen molar-refractivity contribution < 1.29 is 14.3 Å². The number of hydrogen-bond donors (Lipinski definition) is 1. The molecular formula is C16H20N4O3. The highest BCUT2D eigenvalue weighted by Crippen LogP contribution is 2.32. The molecule has 7 nitrogen and oxygen atoms in total. The van der Waals surface area contributed by atoms with E-state index in [1.807, 2.05) is 25.1 Å². The summed E-state index contributed by atoms with van der Waals surface area (Å²) in [6, 6.07) is 5.19. The molecule has 1 aliphatic heterocycles. The highest BCUT2D eigenvalue weighted by atomic mass is 16.5. The minimum Gasteiger partial charge on any atom is -0.490 e. The fourth-order valence-corrected chi connectivity index (χ4v) is 2.40. The number of amides is 1. The number of carbonyl (C=O) groups excluding carboxylic acids is 1. The van der Waals surface area contributed by atoms with E-state index in [9.17, 15) is 4.79 Å². The number of benzene rings is 1. The molecule has 7 heteroatoms. The Morgan fingerprint density at radius 3 is 2.78 bits per heavy atom. The highest BCUT2D eigenvalue weighted by Gasteiger charge is 2.19. The van der Waals surface area contributed by atoms with Gasteiger partial charge in [-0.3, -0.25) is 4.79 Å². The molecule has 0 aliphatic carbocycles. The lowest BCUT2D eigenvalue weighted by molar-refractivity contribution is -0.124. The number of carbonyl (C=O) groups is 1. The second-order valence-electron chi connectivity index (χ2n) is 5.54. The van der Waals surface area contributed by atoms with Crippen molar-refractivity contribution >= 4 is 5.91 Å². The molecule has 2 heterocycles. The van der Waals surface area contributed by atoms with Crippen LogP contribution in [0, 0.1) is 0 Å². The summed E-state index contributed by atoms with van der Waals surface area (Å²) in [7, 11) is 0. The van der Waals surface area contributed by atoms with Gasteiger partial charge in [-0.1, -0.05) is 6.07 Å². The van der Waals surface area contributed by atoms with Crippen molar-refractivity contribution in [2.24, 2.45) is 0 Å². The Morgan fingerprint density at radius 2 is 2.04 bits per heavy atom. The van der Waals surface area contributed by atoms with Crippen LogP contribution in [0.5, 0.6) is 11.5 Å². The topological polar surface area (TPSA) is 78.3 Å². The first-order chi connectivity index (χ1) is 11.1. The van der Waals surface area contributed by atoms with Crippen molar-refractivity contribution in [3.63, 3.8) is 0 Å². The summed E-state index contributed by atoms with van der Waals surface area (Å²) in [5, 5.41) is 6.98. The number of fused-ring (bicyclic) bond motifs is 1. The van der Waals surface area contributed by atoms with Crippen LogP contribution in [0.2, 0.25) is 0 Å². The predicted octanol–water partition coefficient (Wildman–Crippen LogP) is 1.88. The monoisotopic (exact) mass is 316 g/mol. The fourth-order valence-electron chi connectivity index (χ4n) is 2.40. The zero-order valence-corrected chi connectivity index (χ0v) is 13.2. The van der Waals surface area contributed by atoms with Gasteiger partial charge in [-0.15, -0.1) is 0 Å². The molecule has 3 rings (SSSR count). The molecule has 1 aromatic carbocycles. The number of ether oxygens (including phenoxy) is 2. The minimum atomic E-state index is -0.416. The summed E-state index contributed by atoms with van der Waals surface area (Å²) in [4.78, 5) is 16.2. The van der Waals surface area contributed by atoms with Crippen molar-refractivity contribution in [2.45, 2.75) is 32.4 Å². The van der Waals surface area contributed by atoms with Gasteiger partial charge in [0.25, 0.3) is 0 Å². The lowest BCUT2D eigenvalue weighted by Crippen LogP contribution is -2.33. The maximum atomic E-state index is 12.3. The van der Waals surface area contributed by atoms with Crippen molar-refractivity contribution in [1.82, 2.24) is 20.1 Å². The molecule has 0 fully saturated rings. The standard InChI is InChI=1S/C16H20N4O3/c1-11(19-16(21)12(2)20-10-17-9-18-20)13-4-5-14-15(8-13)23-7-3-6-22-14/h4-5,8-12H,3,6-7H2,1-2H3,(H,19,21)/t11-,12+/m0/s1. The first kappa shape index (κ1) is 15.3. The van der Waals surface area contributed by atoms with Gasteiger partial charge in [0.1, 0.15) is 18.7 Å². The molecule has 0 bridgehead atoms. The van der Waals surface area contributed by atoms with Gasteiger partial charge in [-0.05, 0) is 31.5 Å². The van der Waals surface area contributed by atoms with Crippen LogP contribution >= 0.6 is 0 Å². The lowest BCUT2D eigenvalue weighted by Gasteiger charge is -2.19. The third kappa shape index (κ3) is 3.44. The Labute approximate surface area is 134 Å². The van der Waals surface area contributed by atoms with Gasteiger partial charge < -0.3 is 14.8 Å². The van der Waals surface area contributed by atoms with E-state index in [1.54, 1.807) is 6.92 Å². The summed E-state index contributed by atoms with van der Waals surface area (Å²) < 4.78 is 12.8. The summed E-state index contributed by atoms with van der Waals surface area (Å²) >= 11 is 0. The molecule has 1 N–H and O–H groups in total. The molecule has 0 spiro atoms. The predicted molar refractivity (Wildman–Crippen MR) is 83.3 cm³/mol. The number of aromatic nitrogens is 3. The van der Waals surface area contributed by atoms with Crippen molar-refractivity contribution in [2.75, 3.05) is 13.2 Å². The number of nitrogens with zero attached hydrogens (tertiary/aromatic N) is 3. The summed E-state index contributed by atoms with van der Waals surface area (Å²) in [6.07, 6.45) is 3.81. The van der Waals surface area contributed by atoms with Crippen LogP contribution in [0.4, 0.5) is 0 Å². The van der Waals surface area contributed by atoms with E-state index in [2.05, 4.69) is 15.4 Å². The first-order valence-corrected chi connectivity index (χ1v) is 7.69.